The van der Waals surface area contributed by atoms with Gasteiger partial charge in [-0.15, -0.1) is 0 Å². The van der Waals surface area contributed by atoms with Crippen molar-refractivity contribution in [1.29, 1.82) is 0 Å². The predicted octanol–water partition coefficient (Wildman–Crippen LogP) is 2.89. The Hall–Kier alpha value is -0.650. The lowest BCUT2D eigenvalue weighted by Crippen LogP contribution is -1.94. The van der Waals surface area contributed by atoms with Gasteiger partial charge < -0.3 is 9.52 Å². The molecule has 14 heavy (non-hydrogen) atoms. The summed E-state index contributed by atoms with van der Waals surface area (Å²) in [5, 5.41) is 9.91. The number of halogens is 1. The number of aryl methyl sites for hydroxylation is 1. The molecule has 0 bridgehead atoms. The average Bonchev–Trinajstić information content (AvgIpc) is 2.73. The molecule has 1 N–H and O–H groups in total. The number of aromatic nitrogens is 1. The van der Waals surface area contributed by atoms with Crippen molar-refractivity contribution in [3.63, 3.8) is 0 Å². The molecule has 0 radical (unpaired) electrons. The van der Waals surface area contributed by atoms with Crippen molar-refractivity contribution >= 4 is 27.5 Å². The van der Waals surface area contributed by atoms with E-state index in [1.165, 1.54) is 17.8 Å². The Morgan fingerprint density at radius 1 is 1.57 bits per heavy atom. The van der Waals surface area contributed by atoms with Crippen molar-refractivity contribution in [2.75, 3.05) is 0 Å². The van der Waals surface area contributed by atoms with Crippen LogP contribution in [0.1, 0.15) is 22.2 Å². The summed E-state index contributed by atoms with van der Waals surface area (Å²) in [7, 11) is 0. The highest BCUT2D eigenvalue weighted by Crippen LogP contribution is 2.28. The fourth-order valence-corrected chi connectivity index (χ4v) is 2.26. The zero-order valence-electron chi connectivity index (χ0n) is 7.40. The Kier molecular flexibility index (Phi) is 2.71. The van der Waals surface area contributed by atoms with Crippen molar-refractivity contribution in [1.82, 2.24) is 4.37 Å². The van der Waals surface area contributed by atoms with Gasteiger partial charge in [0, 0.05) is 5.56 Å². The van der Waals surface area contributed by atoms with Crippen molar-refractivity contribution < 1.29 is 9.52 Å². The maximum Gasteiger partial charge on any atom is 0.169 e. The first-order valence-corrected chi connectivity index (χ1v) is 5.58. The Morgan fingerprint density at radius 2 is 2.36 bits per heavy atom. The largest absolute Gasteiger partial charge is 0.457 e. The van der Waals surface area contributed by atoms with Crippen molar-refractivity contribution in [3.05, 3.63) is 39.2 Å². The van der Waals surface area contributed by atoms with Gasteiger partial charge in [-0.05, 0) is 46.5 Å². The van der Waals surface area contributed by atoms with E-state index in [-0.39, 0.29) is 0 Å². The van der Waals surface area contributed by atoms with E-state index in [1.807, 2.05) is 13.0 Å². The molecule has 0 aliphatic carbocycles. The number of rotatable bonds is 2. The van der Waals surface area contributed by atoms with Gasteiger partial charge in [0.05, 0.1) is 16.8 Å². The first-order valence-electron chi connectivity index (χ1n) is 4.02. The van der Waals surface area contributed by atoms with Gasteiger partial charge in [-0.3, -0.25) is 0 Å². The van der Waals surface area contributed by atoms with Gasteiger partial charge in [0.1, 0.15) is 6.10 Å². The van der Waals surface area contributed by atoms with Crippen LogP contribution in [0, 0.1) is 6.92 Å². The molecule has 74 valence electrons. The molecular weight excluding hydrogens is 266 g/mol. The summed E-state index contributed by atoms with van der Waals surface area (Å²) in [5.74, 6) is 0. The van der Waals surface area contributed by atoms with E-state index >= 15 is 0 Å². The summed E-state index contributed by atoms with van der Waals surface area (Å²) in [4.78, 5) is 0.829. The molecule has 0 amide bonds. The van der Waals surface area contributed by atoms with Gasteiger partial charge in [-0.25, -0.2) is 0 Å². The van der Waals surface area contributed by atoms with Gasteiger partial charge in [0.15, 0.2) is 4.67 Å². The quantitative estimate of drug-likeness (QED) is 0.915. The lowest BCUT2D eigenvalue weighted by molar-refractivity contribution is 0.223. The van der Waals surface area contributed by atoms with Crippen LogP contribution in [0.2, 0.25) is 0 Å². The normalized spacial score (nSPS) is 13.1. The van der Waals surface area contributed by atoms with E-state index in [0.717, 1.165) is 16.1 Å². The van der Waals surface area contributed by atoms with Crippen LogP contribution in [0.25, 0.3) is 0 Å². The molecule has 0 saturated carbocycles. The van der Waals surface area contributed by atoms with Gasteiger partial charge in [-0.2, -0.15) is 4.37 Å². The summed E-state index contributed by atoms with van der Waals surface area (Å²) in [6.45, 7) is 1.90. The molecule has 0 aliphatic rings. The van der Waals surface area contributed by atoms with Crippen molar-refractivity contribution in [3.8, 4) is 0 Å². The molecule has 1 atom stereocenters. The summed E-state index contributed by atoms with van der Waals surface area (Å²) < 4.78 is 9.78. The first-order chi connectivity index (χ1) is 6.66. The maximum atomic E-state index is 9.91. The molecule has 0 aliphatic heterocycles. The molecule has 5 heteroatoms. The van der Waals surface area contributed by atoms with E-state index in [2.05, 4.69) is 20.3 Å². The molecule has 0 saturated heterocycles. The number of hydrogen-bond acceptors (Lipinski definition) is 4. The third-order valence-electron chi connectivity index (χ3n) is 1.82. The minimum atomic E-state index is -0.642. The van der Waals surface area contributed by atoms with Gasteiger partial charge in [-0.1, -0.05) is 0 Å². The van der Waals surface area contributed by atoms with Crippen molar-refractivity contribution in [2.24, 2.45) is 0 Å². The molecule has 0 aromatic carbocycles. The molecule has 0 fully saturated rings. The number of aliphatic hydroxyl groups is 1. The van der Waals surface area contributed by atoms with Crippen LogP contribution >= 0.6 is 27.5 Å². The van der Waals surface area contributed by atoms with Gasteiger partial charge in [0.2, 0.25) is 0 Å². The molecule has 0 spiro atoms. The number of furan rings is 1. The molecule has 3 nitrogen and oxygen atoms in total. The third-order valence-corrected chi connectivity index (χ3v) is 3.17. The second kappa shape index (κ2) is 3.84. The smallest absolute Gasteiger partial charge is 0.169 e. The highest BCUT2D eigenvalue weighted by molar-refractivity contribution is 9.10. The van der Waals surface area contributed by atoms with Crippen LogP contribution in [-0.2, 0) is 0 Å². The van der Waals surface area contributed by atoms with E-state index < -0.39 is 6.10 Å². The Labute approximate surface area is 93.7 Å². The highest BCUT2D eigenvalue weighted by atomic mass is 79.9. The number of aliphatic hydroxyl groups excluding tert-OH is 1. The SMILES string of the molecule is Cc1cc(C(O)c2coc(Br)c2)sn1. The fourth-order valence-electron chi connectivity index (χ4n) is 1.14. The second-order valence-electron chi connectivity index (χ2n) is 2.96. The van der Waals surface area contributed by atoms with Gasteiger partial charge >= 0.3 is 0 Å². The summed E-state index contributed by atoms with van der Waals surface area (Å²) >= 11 is 4.49. The second-order valence-corrected chi connectivity index (χ2v) is 4.58. The Morgan fingerprint density at radius 3 is 2.86 bits per heavy atom. The van der Waals surface area contributed by atoms with E-state index in [9.17, 15) is 5.11 Å². The zero-order valence-corrected chi connectivity index (χ0v) is 9.80. The van der Waals surface area contributed by atoms with Crippen LogP contribution in [0.3, 0.4) is 0 Å². The minimum absolute atomic E-state index is 0.618. The van der Waals surface area contributed by atoms with E-state index in [4.69, 9.17) is 4.42 Å². The third kappa shape index (κ3) is 1.89. The van der Waals surface area contributed by atoms with Crippen LogP contribution in [-0.4, -0.2) is 9.48 Å². The first kappa shape index (κ1) is 9.89. The van der Waals surface area contributed by atoms with Crippen molar-refractivity contribution in [2.45, 2.75) is 13.0 Å². The van der Waals surface area contributed by atoms with Crippen LogP contribution < -0.4 is 0 Å². The molecule has 2 rings (SSSR count). The molecule has 1 unspecified atom stereocenters. The highest BCUT2D eigenvalue weighted by Gasteiger charge is 2.15. The molecule has 2 aromatic rings. The Balaban J connectivity index is 2.28. The van der Waals surface area contributed by atoms with Gasteiger partial charge in [0.25, 0.3) is 0 Å². The molecule has 2 heterocycles. The van der Waals surface area contributed by atoms with E-state index in [0.29, 0.717) is 4.67 Å². The van der Waals surface area contributed by atoms with E-state index in [1.54, 1.807) is 6.07 Å². The minimum Gasteiger partial charge on any atom is -0.457 e. The van der Waals surface area contributed by atoms with Crippen LogP contribution in [0.5, 0.6) is 0 Å². The average molecular weight is 274 g/mol. The lowest BCUT2D eigenvalue weighted by atomic mass is 10.1. The lowest BCUT2D eigenvalue weighted by Gasteiger charge is -2.02. The predicted molar refractivity (Wildman–Crippen MR) is 57.3 cm³/mol. The monoisotopic (exact) mass is 273 g/mol. The zero-order chi connectivity index (χ0) is 10.1. The number of hydrogen-bond donors (Lipinski definition) is 1. The van der Waals surface area contributed by atoms with Crippen LogP contribution in [0.15, 0.2) is 27.5 Å². The number of nitrogens with zero attached hydrogens (tertiary/aromatic N) is 1. The molecule has 2 aromatic heterocycles. The fraction of sp³-hybridized carbons (Fsp3) is 0.222. The summed E-state index contributed by atoms with van der Waals surface area (Å²) in [6, 6.07) is 3.62. The molecular formula is C9H8BrNO2S. The van der Waals surface area contributed by atoms with Crippen LogP contribution in [0.4, 0.5) is 0 Å². The Bertz CT molecular complexity index is 397. The standard InChI is InChI=1S/C9H8BrNO2S/c1-5-2-7(14-11-5)9(12)6-3-8(10)13-4-6/h2-4,9,12H,1H3. The summed E-state index contributed by atoms with van der Waals surface area (Å²) in [6.07, 6.45) is 0.889. The maximum absolute atomic E-state index is 9.91. The topological polar surface area (TPSA) is 46.3 Å². The summed E-state index contributed by atoms with van der Waals surface area (Å²) in [5.41, 5.74) is 1.66.